The molecular weight excluding hydrogens is 390 g/mol. The zero-order chi connectivity index (χ0) is 20.8. The first-order chi connectivity index (χ1) is 14.7. The number of halogens is 1. The molecule has 3 nitrogen and oxygen atoms in total. The highest BCUT2D eigenvalue weighted by atomic mass is 35.5. The van der Waals surface area contributed by atoms with Crippen LogP contribution in [-0.4, -0.2) is 30.0 Å². The van der Waals surface area contributed by atoms with E-state index in [2.05, 4.69) is 77.8 Å². The van der Waals surface area contributed by atoms with Crippen LogP contribution < -0.4 is 5.32 Å². The molecule has 30 heavy (non-hydrogen) atoms. The molecule has 0 saturated heterocycles. The van der Waals surface area contributed by atoms with Crippen molar-refractivity contribution >= 4 is 23.2 Å². The molecule has 1 aliphatic heterocycles. The van der Waals surface area contributed by atoms with Gasteiger partial charge < -0.3 is 10.2 Å². The Morgan fingerprint density at radius 2 is 1.63 bits per heavy atom. The van der Waals surface area contributed by atoms with Gasteiger partial charge in [0, 0.05) is 17.3 Å². The molecule has 1 aliphatic rings. The Morgan fingerprint density at radius 3 is 2.33 bits per heavy atom. The topological polar surface area (TPSA) is 27.6 Å². The number of benzene rings is 3. The van der Waals surface area contributed by atoms with Crippen molar-refractivity contribution in [2.24, 2.45) is 4.99 Å². The van der Waals surface area contributed by atoms with Crippen molar-refractivity contribution < 1.29 is 0 Å². The quantitative estimate of drug-likeness (QED) is 0.493. The summed E-state index contributed by atoms with van der Waals surface area (Å²) in [6.45, 7) is 4.08. The third-order valence-corrected chi connectivity index (χ3v) is 6.00. The van der Waals surface area contributed by atoms with E-state index in [-0.39, 0.29) is 0 Å². The van der Waals surface area contributed by atoms with Gasteiger partial charge in [0.15, 0.2) is 5.96 Å². The van der Waals surface area contributed by atoms with Crippen molar-refractivity contribution in [1.82, 2.24) is 4.90 Å². The Balaban J connectivity index is 1.47. The lowest BCUT2D eigenvalue weighted by Crippen LogP contribution is -2.42. The van der Waals surface area contributed by atoms with Crippen molar-refractivity contribution in [3.8, 4) is 0 Å². The van der Waals surface area contributed by atoms with Crippen LogP contribution in [0, 0.1) is 0 Å². The van der Waals surface area contributed by atoms with Crippen LogP contribution in [0.4, 0.5) is 5.69 Å². The monoisotopic (exact) mass is 417 g/mol. The van der Waals surface area contributed by atoms with Gasteiger partial charge in [-0.2, -0.15) is 0 Å². The molecule has 0 saturated carbocycles. The molecule has 1 unspecified atom stereocenters. The third kappa shape index (κ3) is 5.22. The average Bonchev–Trinajstić information content (AvgIpc) is 3.15. The van der Waals surface area contributed by atoms with Gasteiger partial charge in [-0.3, -0.25) is 4.99 Å². The number of hydrogen-bond acceptors (Lipinski definition) is 3. The molecule has 154 valence electrons. The maximum absolute atomic E-state index is 6.04. The summed E-state index contributed by atoms with van der Waals surface area (Å²) in [4.78, 5) is 7.31. The zero-order valence-corrected chi connectivity index (χ0v) is 18.1. The molecule has 0 amide bonds. The molecule has 3 aromatic rings. The van der Waals surface area contributed by atoms with Crippen molar-refractivity contribution in [2.75, 3.05) is 18.4 Å². The standard InChI is InChI=1S/C26H28ClN3/c1-20(22-10-6-3-7-11-22)16-17-30-25(18-21-8-4-2-5-9-21)19-28-26(30)29-24-14-12-23(27)13-15-24/h2-15,20,25H,16-19H2,1H3,(H,28,29)/t20?,25-/m0/s1. The average molecular weight is 418 g/mol. The van der Waals surface area contributed by atoms with E-state index < -0.39 is 0 Å². The summed E-state index contributed by atoms with van der Waals surface area (Å²) in [5, 5.41) is 4.25. The zero-order valence-electron chi connectivity index (χ0n) is 17.3. The Bertz CT molecular complexity index is 955. The molecule has 1 heterocycles. The van der Waals surface area contributed by atoms with Crippen molar-refractivity contribution in [3.63, 3.8) is 0 Å². The first-order valence-electron chi connectivity index (χ1n) is 10.6. The second kappa shape index (κ2) is 9.82. The Labute approximate surface area is 184 Å². The van der Waals surface area contributed by atoms with Crippen LogP contribution in [0.1, 0.15) is 30.4 Å². The first-order valence-corrected chi connectivity index (χ1v) is 11.0. The molecule has 0 spiro atoms. The predicted octanol–water partition coefficient (Wildman–Crippen LogP) is 6.23. The van der Waals surface area contributed by atoms with E-state index in [1.165, 1.54) is 11.1 Å². The van der Waals surface area contributed by atoms with Crippen molar-refractivity contribution in [2.45, 2.75) is 31.7 Å². The van der Waals surface area contributed by atoms with Crippen LogP contribution in [0.15, 0.2) is 89.9 Å². The Morgan fingerprint density at radius 1 is 0.967 bits per heavy atom. The van der Waals surface area contributed by atoms with Gasteiger partial charge in [0.1, 0.15) is 0 Å². The van der Waals surface area contributed by atoms with Gasteiger partial charge in [0.05, 0.1) is 12.6 Å². The van der Waals surface area contributed by atoms with E-state index >= 15 is 0 Å². The van der Waals surface area contributed by atoms with E-state index in [4.69, 9.17) is 16.6 Å². The van der Waals surface area contributed by atoms with E-state index in [0.29, 0.717) is 12.0 Å². The summed E-state index contributed by atoms with van der Waals surface area (Å²) in [6.07, 6.45) is 2.08. The minimum Gasteiger partial charge on any atom is -0.338 e. The predicted molar refractivity (Wildman–Crippen MR) is 127 cm³/mol. The molecule has 0 fully saturated rings. The van der Waals surface area contributed by atoms with Crippen LogP contribution in [0.2, 0.25) is 5.02 Å². The largest absolute Gasteiger partial charge is 0.338 e. The van der Waals surface area contributed by atoms with Crippen LogP contribution in [0.5, 0.6) is 0 Å². The molecule has 1 N–H and O–H groups in total. The number of nitrogens with zero attached hydrogens (tertiary/aromatic N) is 2. The SMILES string of the molecule is CC(CCN1C(Nc2ccc(Cl)cc2)=NC[C@@H]1Cc1ccccc1)c1ccccc1. The van der Waals surface area contributed by atoms with Gasteiger partial charge in [-0.1, -0.05) is 79.2 Å². The molecular formula is C26H28ClN3. The molecule has 0 bridgehead atoms. The lowest BCUT2D eigenvalue weighted by atomic mass is 9.97. The van der Waals surface area contributed by atoms with Crippen LogP contribution in [0.25, 0.3) is 0 Å². The lowest BCUT2D eigenvalue weighted by Gasteiger charge is -2.29. The number of nitrogens with one attached hydrogen (secondary N) is 1. The fourth-order valence-electron chi connectivity index (χ4n) is 3.96. The molecule has 0 radical (unpaired) electrons. The van der Waals surface area contributed by atoms with Gasteiger partial charge in [0.25, 0.3) is 0 Å². The number of hydrogen-bond donors (Lipinski definition) is 1. The fourth-order valence-corrected chi connectivity index (χ4v) is 4.08. The van der Waals surface area contributed by atoms with Gasteiger partial charge >= 0.3 is 0 Å². The summed E-state index contributed by atoms with van der Waals surface area (Å²) >= 11 is 6.04. The van der Waals surface area contributed by atoms with Gasteiger partial charge in [-0.05, 0) is 54.2 Å². The molecule has 0 aromatic heterocycles. The molecule has 4 heteroatoms. The van der Waals surface area contributed by atoms with E-state index in [0.717, 1.165) is 42.6 Å². The molecule has 3 aromatic carbocycles. The maximum atomic E-state index is 6.04. The van der Waals surface area contributed by atoms with Gasteiger partial charge in [0.2, 0.25) is 0 Å². The van der Waals surface area contributed by atoms with E-state index in [1.807, 2.05) is 24.3 Å². The summed E-state index contributed by atoms with van der Waals surface area (Å²) in [5.74, 6) is 1.46. The minimum atomic E-state index is 0.366. The number of anilines is 1. The third-order valence-electron chi connectivity index (χ3n) is 5.75. The maximum Gasteiger partial charge on any atom is 0.198 e. The smallest absolute Gasteiger partial charge is 0.198 e. The number of aliphatic imine (C=N–C) groups is 1. The molecule has 0 aliphatic carbocycles. The second-order valence-corrected chi connectivity index (χ2v) is 8.37. The fraction of sp³-hybridized carbons (Fsp3) is 0.269. The van der Waals surface area contributed by atoms with E-state index in [9.17, 15) is 0 Å². The number of guanidine groups is 1. The minimum absolute atomic E-state index is 0.366. The van der Waals surface area contributed by atoms with Crippen molar-refractivity contribution in [3.05, 3.63) is 101 Å². The van der Waals surface area contributed by atoms with Gasteiger partial charge in [-0.15, -0.1) is 0 Å². The van der Waals surface area contributed by atoms with E-state index in [1.54, 1.807) is 0 Å². The van der Waals surface area contributed by atoms with Gasteiger partial charge in [-0.25, -0.2) is 0 Å². The summed E-state index contributed by atoms with van der Waals surface area (Å²) < 4.78 is 0. The van der Waals surface area contributed by atoms with Crippen LogP contribution in [-0.2, 0) is 6.42 Å². The van der Waals surface area contributed by atoms with Crippen LogP contribution >= 0.6 is 11.6 Å². The highest BCUT2D eigenvalue weighted by Crippen LogP contribution is 2.23. The molecule has 2 atom stereocenters. The normalized spacial score (nSPS) is 16.9. The highest BCUT2D eigenvalue weighted by molar-refractivity contribution is 6.30. The highest BCUT2D eigenvalue weighted by Gasteiger charge is 2.28. The molecule has 4 rings (SSSR count). The van der Waals surface area contributed by atoms with Crippen LogP contribution in [0.3, 0.4) is 0 Å². The second-order valence-electron chi connectivity index (χ2n) is 7.93. The Kier molecular flexibility index (Phi) is 6.70. The Hall–Kier alpha value is -2.78. The summed E-state index contributed by atoms with van der Waals surface area (Å²) in [6, 6.07) is 29.6. The van der Waals surface area contributed by atoms with Crippen molar-refractivity contribution in [1.29, 1.82) is 0 Å². The number of rotatable bonds is 7. The first kappa shape index (κ1) is 20.5. The lowest BCUT2D eigenvalue weighted by molar-refractivity contribution is 0.327. The summed E-state index contributed by atoms with van der Waals surface area (Å²) in [5.41, 5.74) is 3.76. The summed E-state index contributed by atoms with van der Waals surface area (Å²) in [7, 11) is 0.